The molecule has 0 aliphatic heterocycles. The molecule has 0 aromatic heterocycles. The lowest BCUT2D eigenvalue weighted by atomic mass is 9.78. The van der Waals surface area contributed by atoms with Crippen LogP contribution in [0.15, 0.2) is 11.6 Å². The van der Waals surface area contributed by atoms with Crippen LogP contribution in [0.25, 0.3) is 0 Å². The van der Waals surface area contributed by atoms with E-state index in [1.165, 1.54) is 32.1 Å². The molecule has 1 nitrogen and oxygen atoms in total. The van der Waals surface area contributed by atoms with Crippen molar-refractivity contribution >= 4 is 0 Å². The Morgan fingerprint density at radius 3 is 2.82 bits per heavy atom. The van der Waals surface area contributed by atoms with E-state index in [1.54, 1.807) is 5.57 Å². The van der Waals surface area contributed by atoms with Gasteiger partial charge in [0.2, 0.25) is 0 Å². The van der Waals surface area contributed by atoms with E-state index >= 15 is 0 Å². The number of hydrogen-bond donors (Lipinski definition) is 1. The van der Waals surface area contributed by atoms with Crippen LogP contribution in [0.1, 0.15) is 38.5 Å². The molecule has 11 heavy (non-hydrogen) atoms. The van der Waals surface area contributed by atoms with Gasteiger partial charge in [0.05, 0.1) is 6.10 Å². The maximum Gasteiger partial charge on any atom is 0.0571 e. The average molecular weight is 152 g/mol. The molecule has 1 fully saturated rings. The van der Waals surface area contributed by atoms with Crippen molar-refractivity contribution in [3.8, 4) is 0 Å². The molecule has 0 saturated heterocycles. The Bertz CT molecular complexity index is 172. The van der Waals surface area contributed by atoms with Gasteiger partial charge in [-0.1, -0.05) is 11.6 Å². The van der Waals surface area contributed by atoms with Gasteiger partial charge in [0, 0.05) is 0 Å². The Kier molecular flexibility index (Phi) is 1.99. The van der Waals surface area contributed by atoms with Crippen LogP contribution in [0.2, 0.25) is 0 Å². The number of rotatable bonds is 2. The molecule has 0 heterocycles. The van der Waals surface area contributed by atoms with Crippen molar-refractivity contribution in [2.75, 3.05) is 0 Å². The average Bonchev–Trinajstić information content (AvgIpc) is 2.49. The van der Waals surface area contributed by atoms with Gasteiger partial charge in [-0.05, 0) is 44.4 Å². The topological polar surface area (TPSA) is 20.2 Å². The highest BCUT2D eigenvalue weighted by atomic mass is 16.3. The number of hydrogen-bond acceptors (Lipinski definition) is 1. The zero-order valence-corrected chi connectivity index (χ0v) is 6.92. The predicted molar refractivity (Wildman–Crippen MR) is 45.3 cm³/mol. The zero-order chi connectivity index (χ0) is 7.68. The smallest absolute Gasteiger partial charge is 0.0571 e. The van der Waals surface area contributed by atoms with E-state index in [2.05, 4.69) is 6.08 Å². The summed E-state index contributed by atoms with van der Waals surface area (Å²) in [6, 6.07) is 0. The summed E-state index contributed by atoms with van der Waals surface area (Å²) in [5, 5.41) is 9.34. The van der Waals surface area contributed by atoms with Gasteiger partial charge < -0.3 is 5.11 Å². The highest BCUT2D eigenvalue weighted by Gasteiger charge is 2.29. The van der Waals surface area contributed by atoms with Crippen molar-refractivity contribution in [1.82, 2.24) is 0 Å². The van der Waals surface area contributed by atoms with Crippen molar-refractivity contribution in [2.24, 2.45) is 5.92 Å². The van der Waals surface area contributed by atoms with Crippen molar-refractivity contribution in [3.63, 3.8) is 0 Å². The van der Waals surface area contributed by atoms with E-state index < -0.39 is 0 Å². The summed E-state index contributed by atoms with van der Waals surface area (Å²) in [7, 11) is 0. The van der Waals surface area contributed by atoms with E-state index in [9.17, 15) is 5.11 Å². The van der Waals surface area contributed by atoms with Crippen LogP contribution in [-0.2, 0) is 0 Å². The largest absolute Gasteiger partial charge is 0.393 e. The molecule has 0 radical (unpaired) electrons. The molecule has 2 aliphatic carbocycles. The van der Waals surface area contributed by atoms with Crippen molar-refractivity contribution in [1.29, 1.82) is 0 Å². The summed E-state index contributed by atoms with van der Waals surface area (Å²) >= 11 is 0. The van der Waals surface area contributed by atoms with E-state index in [0.717, 1.165) is 6.42 Å². The lowest BCUT2D eigenvalue weighted by Gasteiger charge is -2.32. The number of allylic oxidation sites excluding steroid dienone is 2. The standard InChI is InChI=1S/C10H16O/c11-10-6-5-9(10)7-8-3-1-2-4-8/h3,9-11H,1-2,4-7H2. The van der Waals surface area contributed by atoms with E-state index in [0.29, 0.717) is 5.92 Å². The molecule has 2 unspecified atom stereocenters. The SMILES string of the molecule is OC1CCC1CC1=CCCC1. The van der Waals surface area contributed by atoms with Gasteiger partial charge >= 0.3 is 0 Å². The van der Waals surface area contributed by atoms with Gasteiger partial charge in [-0.25, -0.2) is 0 Å². The predicted octanol–water partition coefficient (Wildman–Crippen LogP) is 2.26. The lowest BCUT2D eigenvalue weighted by molar-refractivity contribution is 0.0242. The van der Waals surface area contributed by atoms with Crippen LogP contribution in [0.4, 0.5) is 0 Å². The molecule has 1 saturated carbocycles. The van der Waals surface area contributed by atoms with E-state index in [4.69, 9.17) is 0 Å². The fourth-order valence-electron chi connectivity index (χ4n) is 2.05. The molecule has 62 valence electrons. The first-order chi connectivity index (χ1) is 5.36. The second-order valence-electron chi connectivity index (χ2n) is 3.86. The van der Waals surface area contributed by atoms with Crippen LogP contribution >= 0.6 is 0 Å². The van der Waals surface area contributed by atoms with Gasteiger partial charge in [-0.2, -0.15) is 0 Å². The highest BCUT2D eigenvalue weighted by Crippen LogP contribution is 2.35. The van der Waals surface area contributed by atoms with Gasteiger partial charge in [0.1, 0.15) is 0 Å². The van der Waals surface area contributed by atoms with Crippen LogP contribution < -0.4 is 0 Å². The highest BCUT2D eigenvalue weighted by molar-refractivity contribution is 5.09. The van der Waals surface area contributed by atoms with Crippen LogP contribution in [0, 0.1) is 5.92 Å². The van der Waals surface area contributed by atoms with E-state index in [1.807, 2.05) is 0 Å². The maximum atomic E-state index is 9.34. The Balaban J connectivity index is 1.80. The second-order valence-corrected chi connectivity index (χ2v) is 3.86. The minimum absolute atomic E-state index is 0.0245. The molecule has 1 heteroatoms. The van der Waals surface area contributed by atoms with E-state index in [-0.39, 0.29) is 6.10 Å². The maximum absolute atomic E-state index is 9.34. The van der Waals surface area contributed by atoms with Gasteiger partial charge in [-0.3, -0.25) is 0 Å². The molecular weight excluding hydrogens is 136 g/mol. The number of aliphatic hydroxyl groups is 1. The van der Waals surface area contributed by atoms with Gasteiger partial charge in [0.15, 0.2) is 0 Å². The summed E-state index contributed by atoms with van der Waals surface area (Å²) in [6.07, 6.45) is 9.78. The molecule has 2 atom stereocenters. The first-order valence-corrected chi connectivity index (χ1v) is 4.72. The quantitative estimate of drug-likeness (QED) is 0.602. The first-order valence-electron chi connectivity index (χ1n) is 4.72. The zero-order valence-electron chi connectivity index (χ0n) is 6.92. The summed E-state index contributed by atoms with van der Waals surface area (Å²) in [6.45, 7) is 0. The molecule has 2 rings (SSSR count). The van der Waals surface area contributed by atoms with Crippen molar-refractivity contribution < 1.29 is 5.11 Å². The van der Waals surface area contributed by atoms with Crippen LogP contribution in [0.5, 0.6) is 0 Å². The third-order valence-corrected chi connectivity index (χ3v) is 3.04. The molecule has 0 bridgehead atoms. The number of aliphatic hydroxyl groups excluding tert-OH is 1. The summed E-state index contributed by atoms with van der Waals surface area (Å²) < 4.78 is 0. The fraction of sp³-hybridized carbons (Fsp3) is 0.800. The van der Waals surface area contributed by atoms with Gasteiger partial charge in [-0.15, -0.1) is 0 Å². The first kappa shape index (κ1) is 7.35. The molecule has 0 aromatic carbocycles. The Hall–Kier alpha value is -0.300. The Labute approximate surface area is 68.1 Å². The monoisotopic (exact) mass is 152 g/mol. The normalized spacial score (nSPS) is 36.6. The molecule has 0 aromatic rings. The second kappa shape index (κ2) is 2.98. The Morgan fingerprint density at radius 2 is 2.36 bits per heavy atom. The van der Waals surface area contributed by atoms with Crippen molar-refractivity contribution in [2.45, 2.75) is 44.6 Å². The summed E-state index contributed by atoms with van der Waals surface area (Å²) in [4.78, 5) is 0. The molecular formula is C10H16O. The van der Waals surface area contributed by atoms with Gasteiger partial charge in [0.25, 0.3) is 0 Å². The van der Waals surface area contributed by atoms with Crippen LogP contribution in [0.3, 0.4) is 0 Å². The fourth-order valence-corrected chi connectivity index (χ4v) is 2.05. The molecule has 0 amide bonds. The molecule has 0 spiro atoms. The third-order valence-electron chi connectivity index (χ3n) is 3.04. The lowest BCUT2D eigenvalue weighted by Crippen LogP contribution is -2.31. The Morgan fingerprint density at radius 1 is 1.45 bits per heavy atom. The minimum Gasteiger partial charge on any atom is -0.393 e. The summed E-state index contributed by atoms with van der Waals surface area (Å²) in [5.41, 5.74) is 1.61. The van der Waals surface area contributed by atoms with Crippen LogP contribution in [-0.4, -0.2) is 11.2 Å². The summed E-state index contributed by atoms with van der Waals surface area (Å²) in [5.74, 6) is 0.611. The minimum atomic E-state index is 0.0245. The third kappa shape index (κ3) is 1.48. The van der Waals surface area contributed by atoms with Crippen molar-refractivity contribution in [3.05, 3.63) is 11.6 Å². The molecule has 1 N–H and O–H groups in total. The molecule has 2 aliphatic rings.